The first-order valence-electron chi connectivity index (χ1n) is 11.1. The molecule has 1 saturated heterocycles. The van der Waals surface area contributed by atoms with Gasteiger partial charge in [0.2, 0.25) is 11.5 Å². The quantitative estimate of drug-likeness (QED) is 0.0857. The Balaban J connectivity index is 1.36. The number of fused-ring (bicyclic) bond motifs is 2. The fourth-order valence-electron chi connectivity index (χ4n) is 4.16. The first kappa shape index (κ1) is 25.4. The van der Waals surface area contributed by atoms with Gasteiger partial charge in [-0.3, -0.25) is 14.5 Å². The van der Waals surface area contributed by atoms with Gasteiger partial charge in [0, 0.05) is 35.0 Å². The predicted octanol–water partition coefficient (Wildman–Crippen LogP) is -0.628. The van der Waals surface area contributed by atoms with Crippen LogP contribution in [0, 0.1) is 0 Å². The normalized spacial score (nSPS) is 19.3. The number of hydrogen-bond acceptors (Lipinski definition) is 11. The molecule has 0 spiro atoms. The van der Waals surface area contributed by atoms with E-state index >= 15 is 0 Å². The summed E-state index contributed by atoms with van der Waals surface area (Å²) in [6.45, 7) is -1.01. The first-order chi connectivity index (χ1) is 18.3. The minimum absolute atomic E-state index is 0.0695. The first-order valence-corrected chi connectivity index (χ1v) is 12.9. The Kier molecular flexibility index (Phi) is 6.85. The highest BCUT2D eigenvalue weighted by atomic mass is 32.2. The summed E-state index contributed by atoms with van der Waals surface area (Å²) < 4.78 is 20.0. The Morgan fingerprint density at radius 2 is 2.18 bits per heavy atom. The van der Waals surface area contributed by atoms with Crippen molar-refractivity contribution in [3.63, 3.8) is 0 Å². The maximum Gasteiger partial charge on any atom is 0.352 e. The molecule has 0 aliphatic carbocycles. The van der Waals surface area contributed by atoms with E-state index in [-0.39, 0.29) is 28.9 Å². The van der Waals surface area contributed by atoms with Gasteiger partial charge in [0.15, 0.2) is 10.9 Å². The van der Waals surface area contributed by atoms with Crippen LogP contribution in [-0.4, -0.2) is 77.7 Å². The van der Waals surface area contributed by atoms with Crippen molar-refractivity contribution < 1.29 is 33.3 Å². The molecule has 14 nitrogen and oxygen atoms in total. The van der Waals surface area contributed by atoms with Crippen LogP contribution >= 0.6 is 23.3 Å². The molecular weight excluding hydrogens is 541 g/mol. The highest BCUT2D eigenvalue weighted by Gasteiger charge is 2.54. The van der Waals surface area contributed by atoms with Gasteiger partial charge in [0.05, 0.1) is 0 Å². The number of carboxylic acids is 1. The molecular formula is C21H21FN9O5S2+. The number of hydrogen-bond donors (Lipinski definition) is 4. The number of alkyl halides is 1. The van der Waals surface area contributed by atoms with Gasteiger partial charge in [0.25, 0.3) is 17.5 Å². The van der Waals surface area contributed by atoms with Crippen LogP contribution in [0.1, 0.15) is 5.82 Å². The van der Waals surface area contributed by atoms with Crippen molar-refractivity contribution in [1.82, 2.24) is 24.0 Å². The van der Waals surface area contributed by atoms with Gasteiger partial charge in [-0.25, -0.2) is 13.8 Å². The summed E-state index contributed by atoms with van der Waals surface area (Å²) in [5, 5.41) is 15.5. The van der Waals surface area contributed by atoms with Gasteiger partial charge < -0.3 is 26.7 Å². The van der Waals surface area contributed by atoms with E-state index in [1.165, 1.54) is 16.7 Å². The van der Waals surface area contributed by atoms with Crippen molar-refractivity contribution in [2.75, 3.05) is 30.5 Å². The highest BCUT2D eigenvalue weighted by molar-refractivity contribution is 8.00. The number of carbonyl (C=O) groups is 3. The van der Waals surface area contributed by atoms with Gasteiger partial charge >= 0.3 is 5.97 Å². The van der Waals surface area contributed by atoms with Crippen LogP contribution in [0.3, 0.4) is 0 Å². The molecule has 5 heterocycles. The number of carbonyl (C=O) groups excluding carboxylic acids is 2. The average molecular weight is 563 g/mol. The second kappa shape index (κ2) is 10.3. The molecule has 2 amide bonds. The molecule has 2 atom stereocenters. The average Bonchev–Trinajstić information content (AvgIpc) is 3.51. The highest BCUT2D eigenvalue weighted by Crippen LogP contribution is 2.40. The number of β-lactam (4-membered cyclic amide) rings is 1. The number of nitrogens with zero attached hydrogens (tertiary/aromatic N) is 6. The number of nitrogen functional groups attached to an aromatic ring is 2. The van der Waals surface area contributed by atoms with E-state index in [9.17, 15) is 23.9 Å². The van der Waals surface area contributed by atoms with Gasteiger partial charge in [-0.15, -0.1) is 11.8 Å². The van der Waals surface area contributed by atoms with Crippen LogP contribution in [0.15, 0.2) is 47.0 Å². The maximum atomic E-state index is 13.1. The van der Waals surface area contributed by atoms with E-state index in [0.29, 0.717) is 17.1 Å². The second-order valence-corrected chi connectivity index (χ2v) is 10.0. The van der Waals surface area contributed by atoms with Gasteiger partial charge in [-0.05, 0) is 6.07 Å². The molecule has 17 heteroatoms. The Bertz CT molecular complexity index is 1500. The molecule has 6 N–H and O–H groups in total. The number of carboxylic acid groups (broad SMARTS) is 1. The van der Waals surface area contributed by atoms with Crippen LogP contribution in [0.5, 0.6) is 0 Å². The van der Waals surface area contributed by atoms with Crippen molar-refractivity contribution in [3.8, 4) is 0 Å². The van der Waals surface area contributed by atoms with E-state index in [1.807, 2.05) is 10.6 Å². The summed E-state index contributed by atoms with van der Waals surface area (Å²) in [4.78, 5) is 48.1. The third kappa shape index (κ3) is 4.49. The smallest absolute Gasteiger partial charge is 0.352 e. The van der Waals surface area contributed by atoms with Crippen molar-refractivity contribution >= 4 is 63.4 Å². The molecule has 198 valence electrons. The molecule has 38 heavy (non-hydrogen) atoms. The lowest BCUT2D eigenvalue weighted by Gasteiger charge is -2.49. The van der Waals surface area contributed by atoms with Gasteiger partial charge in [0.1, 0.15) is 49.3 Å². The van der Waals surface area contributed by atoms with Crippen molar-refractivity contribution in [2.45, 2.75) is 18.0 Å². The number of anilines is 2. The molecule has 0 radical (unpaired) electrons. The Labute approximate surface area is 221 Å². The van der Waals surface area contributed by atoms with Crippen LogP contribution in [0.2, 0.25) is 0 Å². The number of imidazole rings is 1. The number of oxime groups is 1. The second-order valence-electron chi connectivity index (χ2n) is 8.14. The Morgan fingerprint density at radius 3 is 2.89 bits per heavy atom. The molecule has 0 aromatic carbocycles. The third-order valence-corrected chi connectivity index (χ3v) is 7.70. The minimum atomic E-state index is -1.25. The Hall–Kier alpha value is -4.25. The standard InChI is InChI=1S/C21H20FN9O5S2/c22-4-7-36-27-13(16-26-21(24)38-28-16)17(32)25-14-18(33)31-15(20(34)35)10(9-37-19(14)31)8-29-5-6-30-11(23)2-1-3-12(29)30/h1-3,5-6,14,19,23H,4,7-9H2,(H4,24,25,26,28,32,34,35)/p+1/b27-13-/t14-,19-/m1/s1. The predicted molar refractivity (Wildman–Crippen MR) is 134 cm³/mol. The number of amides is 2. The molecule has 2 aliphatic rings. The van der Waals surface area contributed by atoms with Crippen LogP contribution in [0.25, 0.3) is 5.65 Å². The number of rotatable bonds is 9. The molecule has 0 unspecified atom stereocenters. The van der Waals surface area contributed by atoms with Crippen LogP contribution in [0.4, 0.5) is 15.3 Å². The number of thioether (sulfide) groups is 1. The molecule has 3 aromatic heterocycles. The van der Waals surface area contributed by atoms with E-state index < -0.39 is 42.5 Å². The molecule has 1 fully saturated rings. The third-order valence-electron chi connectivity index (χ3n) is 5.82. The van der Waals surface area contributed by atoms with Crippen LogP contribution < -0.4 is 21.4 Å². The number of nitrogens with two attached hydrogens (primary N) is 2. The number of nitrogens with one attached hydrogen (secondary N) is 1. The topological polar surface area (TPSA) is 194 Å². The summed E-state index contributed by atoms with van der Waals surface area (Å²) in [5.41, 5.74) is 12.4. The Morgan fingerprint density at radius 1 is 1.37 bits per heavy atom. The molecule has 3 aromatic rings. The SMILES string of the molecule is Nc1nc(/C(=N/OCCF)C(=O)N[C@@H]2C(=O)N3C(C(=O)O)=C(C[n+]4ccn5c(N)cccc54)CS[C@H]23)ns1. The van der Waals surface area contributed by atoms with Crippen molar-refractivity contribution in [1.29, 1.82) is 0 Å². The molecule has 2 aliphatic heterocycles. The maximum absolute atomic E-state index is 13.1. The summed E-state index contributed by atoms with van der Waals surface area (Å²) in [6, 6.07) is 4.35. The van der Waals surface area contributed by atoms with E-state index in [0.717, 1.165) is 17.2 Å². The zero-order chi connectivity index (χ0) is 27.0. The fourth-order valence-corrected chi connectivity index (χ4v) is 5.93. The summed E-state index contributed by atoms with van der Waals surface area (Å²) in [7, 11) is 0. The largest absolute Gasteiger partial charge is 0.477 e. The zero-order valence-electron chi connectivity index (χ0n) is 19.5. The lowest BCUT2D eigenvalue weighted by Crippen LogP contribution is -2.71. The summed E-state index contributed by atoms with van der Waals surface area (Å²) >= 11 is 2.13. The lowest BCUT2D eigenvalue weighted by atomic mass is 10.0. The molecule has 0 saturated carbocycles. The van der Waals surface area contributed by atoms with Crippen molar-refractivity contribution in [2.24, 2.45) is 5.16 Å². The number of aliphatic carboxylic acids is 1. The zero-order valence-corrected chi connectivity index (χ0v) is 21.1. The lowest BCUT2D eigenvalue weighted by molar-refractivity contribution is -0.662. The van der Waals surface area contributed by atoms with E-state index in [2.05, 4.69) is 19.8 Å². The fraction of sp³-hybridized carbons (Fsp3) is 0.286. The van der Waals surface area contributed by atoms with E-state index in [1.54, 1.807) is 28.9 Å². The van der Waals surface area contributed by atoms with Gasteiger partial charge in [-0.1, -0.05) is 5.16 Å². The summed E-state index contributed by atoms with van der Waals surface area (Å²) in [6.07, 6.45) is 3.55. The number of halogens is 1. The van der Waals surface area contributed by atoms with Crippen molar-refractivity contribution in [3.05, 3.63) is 47.7 Å². The monoisotopic (exact) mass is 562 g/mol. The van der Waals surface area contributed by atoms with Gasteiger partial charge in [-0.2, -0.15) is 13.8 Å². The molecule has 5 rings (SSSR count). The van der Waals surface area contributed by atoms with E-state index in [4.69, 9.17) is 16.3 Å². The minimum Gasteiger partial charge on any atom is -0.477 e. The van der Waals surface area contributed by atoms with Crippen LogP contribution in [-0.2, 0) is 25.8 Å². The molecule has 0 bridgehead atoms. The summed E-state index contributed by atoms with van der Waals surface area (Å²) in [5.74, 6) is -2.01. The number of pyridine rings is 1. The number of aromatic nitrogens is 4.